The SMILES string of the molecule is CCCn1c(C)cc(C(=O)COC(=O)c2cnn(C)c2)c1C. The molecule has 0 aliphatic heterocycles. The molecule has 22 heavy (non-hydrogen) atoms. The van der Waals surface area contributed by atoms with E-state index < -0.39 is 5.97 Å². The molecule has 0 aliphatic carbocycles. The second-order valence-electron chi connectivity index (χ2n) is 5.34. The van der Waals surface area contributed by atoms with Gasteiger partial charge in [-0.15, -0.1) is 0 Å². The number of ketones is 1. The van der Waals surface area contributed by atoms with Gasteiger partial charge in [0.05, 0.1) is 11.8 Å². The van der Waals surface area contributed by atoms with Crippen molar-refractivity contribution in [2.75, 3.05) is 6.61 Å². The Bertz CT molecular complexity index is 698. The second-order valence-corrected chi connectivity index (χ2v) is 5.34. The van der Waals surface area contributed by atoms with Gasteiger partial charge < -0.3 is 9.30 Å². The van der Waals surface area contributed by atoms with Crippen LogP contribution in [0, 0.1) is 13.8 Å². The number of hydrogen-bond acceptors (Lipinski definition) is 4. The van der Waals surface area contributed by atoms with Crippen LogP contribution in [0.2, 0.25) is 0 Å². The molecule has 0 radical (unpaired) electrons. The monoisotopic (exact) mass is 303 g/mol. The molecule has 0 aliphatic rings. The minimum absolute atomic E-state index is 0.187. The fraction of sp³-hybridized carbons (Fsp3) is 0.438. The standard InChI is InChI=1S/C16H21N3O3/c1-5-6-19-11(2)7-14(12(19)3)15(20)10-22-16(21)13-8-17-18(4)9-13/h7-9H,5-6,10H2,1-4H3. The molecule has 0 bridgehead atoms. The van der Waals surface area contributed by atoms with Crippen LogP contribution in [0.15, 0.2) is 18.5 Å². The van der Waals surface area contributed by atoms with Gasteiger partial charge in [-0.2, -0.15) is 5.10 Å². The van der Waals surface area contributed by atoms with Crippen LogP contribution >= 0.6 is 0 Å². The van der Waals surface area contributed by atoms with Crippen LogP contribution in [0.4, 0.5) is 0 Å². The Morgan fingerprint density at radius 2 is 2.05 bits per heavy atom. The van der Waals surface area contributed by atoms with Crippen LogP contribution in [0.5, 0.6) is 0 Å². The van der Waals surface area contributed by atoms with E-state index >= 15 is 0 Å². The van der Waals surface area contributed by atoms with Crippen LogP contribution in [0.3, 0.4) is 0 Å². The number of aromatic nitrogens is 3. The van der Waals surface area contributed by atoms with Gasteiger partial charge in [0.15, 0.2) is 6.61 Å². The number of carbonyl (C=O) groups is 2. The highest BCUT2D eigenvalue weighted by Crippen LogP contribution is 2.16. The first-order valence-electron chi connectivity index (χ1n) is 7.29. The van der Waals surface area contributed by atoms with Gasteiger partial charge in [-0.1, -0.05) is 6.92 Å². The summed E-state index contributed by atoms with van der Waals surface area (Å²) in [6, 6.07) is 1.85. The van der Waals surface area contributed by atoms with Crippen molar-refractivity contribution in [1.29, 1.82) is 0 Å². The maximum Gasteiger partial charge on any atom is 0.341 e. The van der Waals surface area contributed by atoms with Crippen LogP contribution in [-0.4, -0.2) is 32.7 Å². The van der Waals surface area contributed by atoms with Crippen LogP contribution in [-0.2, 0) is 18.3 Å². The van der Waals surface area contributed by atoms with Crippen molar-refractivity contribution in [3.63, 3.8) is 0 Å². The van der Waals surface area contributed by atoms with Crippen molar-refractivity contribution in [2.24, 2.45) is 7.05 Å². The third-order valence-corrected chi connectivity index (χ3v) is 3.60. The maximum absolute atomic E-state index is 12.3. The molecular formula is C16H21N3O3. The first kappa shape index (κ1) is 16.0. The van der Waals surface area contributed by atoms with E-state index in [1.54, 1.807) is 13.2 Å². The van der Waals surface area contributed by atoms with E-state index in [1.165, 1.54) is 10.9 Å². The Hall–Kier alpha value is -2.37. The molecule has 2 aromatic rings. The molecule has 0 spiro atoms. The van der Waals surface area contributed by atoms with Crippen LogP contribution in [0.25, 0.3) is 0 Å². The summed E-state index contributed by atoms with van der Waals surface area (Å²) in [6.45, 7) is 6.60. The fourth-order valence-corrected chi connectivity index (χ4v) is 2.47. The predicted octanol–water partition coefficient (Wildman–Crippen LogP) is 2.29. The lowest BCUT2D eigenvalue weighted by atomic mass is 10.1. The third kappa shape index (κ3) is 3.27. The molecule has 0 amide bonds. The highest BCUT2D eigenvalue weighted by molar-refractivity contribution is 6.00. The Balaban J connectivity index is 2.04. The Morgan fingerprint density at radius 3 is 2.64 bits per heavy atom. The zero-order chi connectivity index (χ0) is 16.3. The zero-order valence-corrected chi connectivity index (χ0v) is 13.4. The predicted molar refractivity (Wildman–Crippen MR) is 82.0 cm³/mol. The van der Waals surface area contributed by atoms with Gasteiger partial charge in [0.25, 0.3) is 0 Å². The van der Waals surface area contributed by atoms with Crippen molar-refractivity contribution in [1.82, 2.24) is 14.3 Å². The second kappa shape index (κ2) is 6.60. The molecule has 0 N–H and O–H groups in total. The lowest BCUT2D eigenvalue weighted by molar-refractivity contribution is 0.0474. The molecule has 0 fully saturated rings. The highest BCUT2D eigenvalue weighted by Gasteiger charge is 2.18. The van der Waals surface area contributed by atoms with E-state index in [4.69, 9.17) is 4.74 Å². The third-order valence-electron chi connectivity index (χ3n) is 3.60. The normalized spacial score (nSPS) is 10.7. The summed E-state index contributed by atoms with van der Waals surface area (Å²) < 4.78 is 8.69. The molecule has 2 rings (SSSR count). The average molecular weight is 303 g/mol. The van der Waals surface area contributed by atoms with Gasteiger partial charge in [0, 0.05) is 36.7 Å². The number of hydrogen-bond donors (Lipinski definition) is 0. The number of ether oxygens (including phenoxy) is 1. The lowest BCUT2D eigenvalue weighted by Gasteiger charge is -2.07. The summed E-state index contributed by atoms with van der Waals surface area (Å²) in [7, 11) is 1.71. The molecule has 0 saturated heterocycles. The maximum atomic E-state index is 12.3. The van der Waals surface area contributed by atoms with Gasteiger partial charge in [-0.05, 0) is 26.3 Å². The summed E-state index contributed by atoms with van der Waals surface area (Å²) in [5.74, 6) is -0.725. The van der Waals surface area contributed by atoms with E-state index in [0.717, 1.165) is 24.4 Å². The van der Waals surface area contributed by atoms with Crippen molar-refractivity contribution in [3.8, 4) is 0 Å². The molecule has 0 saturated carbocycles. The Morgan fingerprint density at radius 1 is 1.32 bits per heavy atom. The van der Waals surface area contributed by atoms with E-state index in [-0.39, 0.29) is 12.4 Å². The first-order chi connectivity index (χ1) is 10.4. The van der Waals surface area contributed by atoms with E-state index in [0.29, 0.717) is 11.1 Å². The Labute approximate surface area is 129 Å². The van der Waals surface area contributed by atoms with E-state index in [1.807, 2.05) is 19.9 Å². The van der Waals surface area contributed by atoms with Gasteiger partial charge in [0.1, 0.15) is 0 Å². The molecule has 2 heterocycles. The van der Waals surface area contributed by atoms with Crippen LogP contribution < -0.4 is 0 Å². The highest BCUT2D eigenvalue weighted by atomic mass is 16.5. The molecule has 0 aromatic carbocycles. The molecule has 6 nitrogen and oxygen atoms in total. The largest absolute Gasteiger partial charge is 0.454 e. The average Bonchev–Trinajstić information content (AvgIpc) is 3.03. The van der Waals surface area contributed by atoms with Gasteiger partial charge in [-0.25, -0.2) is 4.79 Å². The summed E-state index contributed by atoms with van der Waals surface area (Å²) in [6.07, 6.45) is 3.97. The summed E-state index contributed by atoms with van der Waals surface area (Å²) in [5.41, 5.74) is 2.92. The topological polar surface area (TPSA) is 66.1 Å². The number of nitrogens with zero attached hydrogens (tertiary/aromatic N) is 3. The summed E-state index contributed by atoms with van der Waals surface area (Å²) >= 11 is 0. The van der Waals surface area contributed by atoms with Crippen LogP contribution in [0.1, 0.15) is 45.4 Å². The summed E-state index contributed by atoms with van der Waals surface area (Å²) in [5, 5.41) is 3.90. The van der Waals surface area contributed by atoms with Crippen molar-refractivity contribution < 1.29 is 14.3 Å². The molecule has 0 unspecified atom stereocenters. The summed E-state index contributed by atoms with van der Waals surface area (Å²) in [4.78, 5) is 24.1. The minimum atomic E-state index is -0.538. The van der Waals surface area contributed by atoms with Crippen molar-refractivity contribution in [3.05, 3.63) is 41.0 Å². The molecule has 6 heteroatoms. The number of esters is 1. The van der Waals surface area contributed by atoms with Crippen molar-refractivity contribution in [2.45, 2.75) is 33.7 Å². The quantitative estimate of drug-likeness (QED) is 0.606. The molecule has 118 valence electrons. The number of rotatable bonds is 6. The number of aryl methyl sites for hydroxylation is 2. The van der Waals surface area contributed by atoms with E-state index in [2.05, 4.69) is 16.6 Å². The molecule has 2 aromatic heterocycles. The Kier molecular flexibility index (Phi) is 4.80. The number of carbonyl (C=O) groups excluding carboxylic acids is 2. The van der Waals surface area contributed by atoms with Crippen molar-refractivity contribution >= 4 is 11.8 Å². The fourth-order valence-electron chi connectivity index (χ4n) is 2.47. The lowest BCUT2D eigenvalue weighted by Crippen LogP contribution is -2.15. The molecular weight excluding hydrogens is 282 g/mol. The van der Waals surface area contributed by atoms with Gasteiger partial charge in [-0.3, -0.25) is 9.48 Å². The zero-order valence-electron chi connectivity index (χ0n) is 13.4. The first-order valence-corrected chi connectivity index (χ1v) is 7.29. The smallest absolute Gasteiger partial charge is 0.341 e. The van der Waals surface area contributed by atoms with Gasteiger partial charge >= 0.3 is 5.97 Å². The molecule has 0 atom stereocenters. The van der Waals surface area contributed by atoms with Gasteiger partial charge in [0.2, 0.25) is 5.78 Å². The minimum Gasteiger partial charge on any atom is -0.454 e. The number of Topliss-reactive ketones (excluding diaryl/α,β-unsaturated/α-hetero) is 1. The van der Waals surface area contributed by atoms with E-state index in [9.17, 15) is 9.59 Å².